The monoisotopic (exact) mass is 408 g/mol. The van der Waals surface area contributed by atoms with Crippen LogP contribution in [0.25, 0.3) is 6.08 Å². The van der Waals surface area contributed by atoms with Crippen molar-refractivity contribution in [3.05, 3.63) is 83.5 Å². The summed E-state index contributed by atoms with van der Waals surface area (Å²) < 4.78 is 18.9. The van der Waals surface area contributed by atoms with Crippen molar-refractivity contribution in [2.45, 2.75) is 19.1 Å². The number of amidine groups is 1. The maximum atomic E-state index is 13.4. The number of anilines is 1. The molecule has 4 rings (SSSR count). The lowest BCUT2D eigenvalue weighted by molar-refractivity contribution is -0.113. The topological polar surface area (TPSA) is 71.6 Å². The number of thioether (sulfide) groups is 1. The molecule has 0 unspecified atom stereocenters. The van der Waals surface area contributed by atoms with Gasteiger partial charge in [-0.3, -0.25) is 9.69 Å². The highest BCUT2D eigenvalue weighted by Gasteiger charge is 2.32. The largest absolute Gasteiger partial charge is 0.424 e. The SMILES string of the molecule is CCc1nnc(CSC2=N/C(=C\c3ccccc3)C(=O)N2c2ccc(F)cc2)o1. The summed E-state index contributed by atoms with van der Waals surface area (Å²) in [5.74, 6) is 0.744. The molecule has 8 heteroatoms. The molecule has 29 heavy (non-hydrogen) atoms. The number of aryl methyl sites for hydroxylation is 1. The third-order valence-electron chi connectivity index (χ3n) is 4.15. The summed E-state index contributed by atoms with van der Waals surface area (Å²) in [5, 5.41) is 8.42. The number of amides is 1. The number of carbonyl (C=O) groups is 1. The molecule has 146 valence electrons. The van der Waals surface area contributed by atoms with Crippen LogP contribution in [-0.2, 0) is 17.0 Å². The van der Waals surface area contributed by atoms with Crippen LogP contribution in [-0.4, -0.2) is 21.3 Å². The fourth-order valence-electron chi connectivity index (χ4n) is 2.73. The zero-order chi connectivity index (χ0) is 20.2. The van der Waals surface area contributed by atoms with Crippen molar-refractivity contribution in [3.8, 4) is 0 Å². The summed E-state index contributed by atoms with van der Waals surface area (Å²) in [7, 11) is 0. The van der Waals surface area contributed by atoms with Crippen LogP contribution in [0.4, 0.5) is 10.1 Å². The summed E-state index contributed by atoms with van der Waals surface area (Å²) in [6.07, 6.45) is 2.39. The first-order valence-electron chi connectivity index (χ1n) is 9.03. The minimum absolute atomic E-state index is 0.275. The lowest BCUT2D eigenvalue weighted by Crippen LogP contribution is -2.30. The van der Waals surface area contributed by atoms with Gasteiger partial charge in [0.15, 0.2) is 5.17 Å². The van der Waals surface area contributed by atoms with E-state index in [1.165, 1.54) is 28.8 Å². The maximum absolute atomic E-state index is 13.4. The van der Waals surface area contributed by atoms with Crippen LogP contribution in [0.5, 0.6) is 0 Å². The summed E-state index contributed by atoms with van der Waals surface area (Å²) in [4.78, 5) is 19.0. The van der Waals surface area contributed by atoms with Gasteiger partial charge in [0.25, 0.3) is 5.91 Å². The quantitative estimate of drug-likeness (QED) is 0.584. The van der Waals surface area contributed by atoms with Crippen LogP contribution < -0.4 is 4.90 Å². The smallest absolute Gasteiger partial charge is 0.283 e. The molecule has 0 atom stereocenters. The van der Waals surface area contributed by atoms with Gasteiger partial charge in [0.2, 0.25) is 11.8 Å². The molecule has 6 nitrogen and oxygen atoms in total. The van der Waals surface area contributed by atoms with Gasteiger partial charge in [-0.1, -0.05) is 49.0 Å². The molecule has 2 heterocycles. The van der Waals surface area contributed by atoms with Crippen molar-refractivity contribution in [1.82, 2.24) is 10.2 Å². The number of carbonyl (C=O) groups excluding carboxylic acids is 1. The summed E-state index contributed by atoms with van der Waals surface area (Å²) >= 11 is 1.31. The summed E-state index contributed by atoms with van der Waals surface area (Å²) in [6, 6.07) is 15.2. The molecule has 1 amide bonds. The van der Waals surface area contributed by atoms with Gasteiger partial charge in [0.05, 0.1) is 11.4 Å². The Bertz CT molecular complexity index is 1080. The van der Waals surface area contributed by atoms with Crippen molar-refractivity contribution in [2.75, 3.05) is 4.90 Å². The molecule has 3 aromatic rings. The first-order chi connectivity index (χ1) is 14.1. The molecule has 1 aliphatic rings. The first-order valence-corrected chi connectivity index (χ1v) is 10.0. The third-order valence-corrected chi connectivity index (χ3v) is 5.08. The van der Waals surface area contributed by atoms with E-state index >= 15 is 0 Å². The number of hydrogen-bond acceptors (Lipinski definition) is 6. The van der Waals surface area contributed by atoms with Crippen LogP contribution in [0.2, 0.25) is 0 Å². The van der Waals surface area contributed by atoms with Crippen LogP contribution in [0, 0.1) is 5.82 Å². The maximum Gasteiger partial charge on any atom is 0.283 e. The Hall–Kier alpha value is -3.26. The Labute approximate surface area is 171 Å². The molecule has 1 aromatic heterocycles. The fraction of sp³-hybridized carbons (Fsp3) is 0.143. The Morgan fingerprint density at radius 1 is 1.07 bits per heavy atom. The average Bonchev–Trinajstić information content (AvgIpc) is 3.33. The lowest BCUT2D eigenvalue weighted by atomic mass is 10.2. The molecule has 0 fully saturated rings. The van der Waals surface area contributed by atoms with Crippen LogP contribution in [0.3, 0.4) is 0 Å². The molecule has 0 saturated heterocycles. The number of rotatable bonds is 5. The standard InChI is InChI=1S/C21H17FN4O2S/c1-2-18-24-25-19(28-18)13-29-21-23-17(12-14-6-4-3-5-7-14)20(27)26(21)16-10-8-15(22)9-11-16/h3-12H,2,13H2,1H3/b17-12-. The van der Waals surface area contributed by atoms with E-state index in [4.69, 9.17) is 4.42 Å². The minimum Gasteiger partial charge on any atom is -0.424 e. The van der Waals surface area contributed by atoms with Crippen molar-refractivity contribution in [3.63, 3.8) is 0 Å². The van der Waals surface area contributed by atoms with Crippen molar-refractivity contribution in [1.29, 1.82) is 0 Å². The molecule has 0 aliphatic carbocycles. The van der Waals surface area contributed by atoms with E-state index in [9.17, 15) is 9.18 Å². The molecular weight excluding hydrogens is 391 g/mol. The molecule has 0 spiro atoms. The Kier molecular flexibility index (Phi) is 5.53. The first kappa shape index (κ1) is 19.1. The highest BCUT2D eigenvalue weighted by Crippen LogP contribution is 2.30. The molecule has 0 N–H and O–H groups in total. The Morgan fingerprint density at radius 2 is 1.79 bits per heavy atom. The van der Waals surface area contributed by atoms with Gasteiger partial charge in [-0.2, -0.15) is 0 Å². The fourth-order valence-corrected chi connectivity index (χ4v) is 3.58. The lowest BCUT2D eigenvalue weighted by Gasteiger charge is -2.17. The van der Waals surface area contributed by atoms with Gasteiger partial charge < -0.3 is 4.42 Å². The van der Waals surface area contributed by atoms with E-state index in [1.54, 1.807) is 18.2 Å². The number of nitrogens with zero attached hydrogens (tertiary/aromatic N) is 4. The second-order valence-electron chi connectivity index (χ2n) is 6.18. The summed E-state index contributed by atoms with van der Waals surface area (Å²) in [5.41, 5.74) is 1.72. The Morgan fingerprint density at radius 3 is 2.48 bits per heavy atom. The van der Waals surface area contributed by atoms with Crippen LogP contribution >= 0.6 is 11.8 Å². The molecule has 0 saturated carbocycles. The van der Waals surface area contributed by atoms with Crippen molar-refractivity contribution < 1.29 is 13.6 Å². The van der Waals surface area contributed by atoms with E-state index in [1.807, 2.05) is 37.3 Å². The predicted octanol–water partition coefficient (Wildman–Crippen LogP) is 4.45. The molecule has 2 aromatic carbocycles. The molecular formula is C21H17FN4O2S. The summed E-state index contributed by atoms with van der Waals surface area (Å²) in [6.45, 7) is 1.93. The highest BCUT2D eigenvalue weighted by molar-refractivity contribution is 8.13. The number of aromatic nitrogens is 2. The normalized spacial score (nSPS) is 15.2. The van der Waals surface area contributed by atoms with Crippen molar-refractivity contribution in [2.24, 2.45) is 4.99 Å². The van der Waals surface area contributed by atoms with Crippen LogP contribution in [0.15, 0.2) is 69.7 Å². The van der Waals surface area contributed by atoms with Gasteiger partial charge in [-0.15, -0.1) is 10.2 Å². The molecule has 1 aliphatic heterocycles. The number of benzene rings is 2. The zero-order valence-corrected chi connectivity index (χ0v) is 16.4. The van der Waals surface area contributed by atoms with Gasteiger partial charge in [0.1, 0.15) is 11.5 Å². The van der Waals surface area contributed by atoms with E-state index in [0.717, 1.165) is 5.56 Å². The van der Waals surface area contributed by atoms with E-state index < -0.39 is 0 Å². The van der Waals surface area contributed by atoms with Crippen molar-refractivity contribution >= 4 is 34.6 Å². The van der Waals surface area contributed by atoms with Gasteiger partial charge in [0, 0.05) is 6.42 Å². The second-order valence-corrected chi connectivity index (χ2v) is 7.13. The predicted molar refractivity (Wildman–Crippen MR) is 111 cm³/mol. The second kappa shape index (κ2) is 8.40. The average molecular weight is 408 g/mol. The van der Waals surface area contributed by atoms with E-state index in [0.29, 0.717) is 40.5 Å². The van der Waals surface area contributed by atoms with Gasteiger partial charge in [-0.05, 0) is 35.9 Å². The zero-order valence-electron chi connectivity index (χ0n) is 15.6. The third kappa shape index (κ3) is 4.27. The highest BCUT2D eigenvalue weighted by atomic mass is 32.2. The minimum atomic E-state index is -0.371. The van der Waals surface area contributed by atoms with Crippen LogP contribution in [0.1, 0.15) is 24.3 Å². The Balaban J connectivity index is 1.64. The van der Waals surface area contributed by atoms with Gasteiger partial charge >= 0.3 is 0 Å². The van der Waals surface area contributed by atoms with E-state index in [2.05, 4.69) is 15.2 Å². The molecule has 0 bridgehead atoms. The molecule has 0 radical (unpaired) electrons. The number of halogens is 1. The van der Waals surface area contributed by atoms with E-state index in [-0.39, 0.29) is 11.7 Å². The number of aliphatic imine (C=N–C) groups is 1. The number of hydrogen-bond donors (Lipinski definition) is 0. The van der Waals surface area contributed by atoms with Gasteiger partial charge in [-0.25, -0.2) is 9.38 Å².